The van der Waals surface area contributed by atoms with Crippen LogP contribution >= 0.6 is 0 Å². The fourth-order valence-corrected chi connectivity index (χ4v) is 1.27. The zero-order valence-corrected chi connectivity index (χ0v) is 7.09. The highest BCUT2D eigenvalue weighted by molar-refractivity contribution is 5.97. The van der Waals surface area contributed by atoms with E-state index in [4.69, 9.17) is 5.73 Å². The number of carbonyl (C=O) groups excluding carboxylic acids is 1. The number of hydrogen-bond acceptors (Lipinski definition) is 2. The van der Waals surface area contributed by atoms with Gasteiger partial charge in [-0.2, -0.15) is 0 Å². The maximum absolute atomic E-state index is 10.8. The van der Waals surface area contributed by atoms with Gasteiger partial charge in [0.1, 0.15) is 5.75 Å². The Hall–Kier alpha value is -1.51. The Morgan fingerprint density at radius 2 is 2.00 bits per heavy atom. The van der Waals surface area contributed by atoms with E-state index in [2.05, 4.69) is 0 Å². The van der Waals surface area contributed by atoms with Crippen molar-refractivity contribution in [2.75, 3.05) is 0 Å². The Labute approximate surface area is 70.8 Å². The van der Waals surface area contributed by atoms with Gasteiger partial charge in [0.2, 0.25) is 0 Å². The Morgan fingerprint density at radius 3 is 2.42 bits per heavy atom. The van der Waals surface area contributed by atoms with Crippen molar-refractivity contribution in [3.63, 3.8) is 0 Å². The van der Waals surface area contributed by atoms with E-state index in [1.165, 1.54) is 6.07 Å². The van der Waals surface area contributed by atoms with Crippen LogP contribution in [-0.2, 0) is 0 Å². The third kappa shape index (κ3) is 1.39. The molecule has 3 N–H and O–H groups in total. The van der Waals surface area contributed by atoms with Crippen LogP contribution in [0.3, 0.4) is 0 Å². The molecule has 1 aromatic rings. The summed E-state index contributed by atoms with van der Waals surface area (Å²) in [7, 11) is 0. The standard InChI is InChI=1S/C9H11NO2/c1-5-3-6(2)8(9(10)12)7(11)4-5/h3-4,11H,1-2H3,(H2,10,12). The molecule has 0 bridgehead atoms. The van der Waals surface area contributed by atoms with Gasteiger partial charge in [-0.1, -0.05) is 6.07 Å². The molecule has 0 radical (unpaired) electrons. The topological polar surface area (TPSA) is 63.3 Å². The number of amides is 1. The monoisotopic (exact) mass is 165 g/mol. The van der Waals surface area contributed by atoms with Crippen LogP contribution < -0.4 is 5.73 Å². The molecule has 0 fully saturated rings. The largest absolute Gasteiger partial charge is 0.507 e. The lowest BCUT2D eigenvalue weighted by Crippen LogP contribution is -2.12. The summed E-state index contributed by atoms with van der Waals surface area (Å²) < 4.78 is 0. The number of nitrogens with two attached hydrogens (primary N) is 1. The van der Waals surface area contributed by atoms with Crippen LogP contribution in [0.1, 0.15) is 21.5 Å². The minimum absolute atomic E-state index is 0.0417. The van der Waals surface area contributed by atoms with Gasteiger partial charge in [0, 0.05) is 0 Å². The maximum Gasteiger partial charge on any atom is 0.252 e. The van der Waals surface area contributed by atoms with E-state index in [1.54, 1.807) is 13.0 Å². The van der Waals surface area contributed by atoms with Crippen molar-refractivity contribution in [3.8, 4) is 5.75 Å². The summed E-state index contributed by atoms with van der Waals surface area (Å²) in [5.74, 6) is -0.634. The molecule has 0 aliphatic heterocycles. The number of phenols is 1. The van der Waals surface area contributed by atoms with Gasteiger partial charge in [0.05, 0.1) is 5.56 Å². The Balaban J connectivity index is 3.38. The zero-order valence-electron chi connectivity index (χ0n) is 7.09. The van der Waals surface area contributed by atoms with Crippen LogP contribution in [0.4, 0.5) is 0 Å². The van der Waals surface area contributed by atoms with Crippen LogP contribution in [-0.4, -0.2) is 11.0 Å². The highest BCUT2D eigenvalue weighted by atomic mass is 16.3. The van der Waals surface area contributed by atoms with Crippen molar-refractivity contribution >= 4 is 5.91 Å². The van der Waals surface area contributed by atoms with Gasteiger partial charge in [0.15, 0.2) is 0 Å². The molecule has 0 saturated heterocycles. The average Bonchev–Trinajstić information content (AvgIpc) is 1.82. The number of hydrogen-bond donors (Lipinski definition) is 2. The molecule has 12 heavy (non-hydrogen) atoms. The summed E-state index contributed by atoms with van der Waals surface area (Å²) in [6.07, 6.45) is 0. The molecule has 0 aromatic heterocycles. The minimum atomic E-state index is -0.593. The van der Waals surface area contributed by atoms with Crippen LogP contribution in [0, 0.1) is 13.8 Å². The fourth-order valence-electron chi connectivity index (χ4n) is 1.27. The van der Waals surface area contributed by atoms with Crippen molar-refractivity contribution in [3.05, 3.63) is 28.8 Å². The molecular formula is C9H11NO2. The second-order valence-electron chi connectivity index (χ2n) is 2.84. The maximum atomic E-state index is 10.8. The summed E-state index contributed by atoms with van der Waals surface area (Å²) in [4.78, 5) is 10.8. The Morgan fingerprint density at radius 1 is 1.42 bits per heavy atom. The molecule has 0 heterocycles. The molecule has 1 aromatic carbocycles. The first-order chi connectivity index (χ1) is 5.52. The lowest BCUT2D eigenvalue weighted by molar-refractivity contribution is 0.0997. The molecule has 0 atom stereocenters. The van der Waals surface area contributed by atoms with E-state index < -0.39 is 5.91 Å². The van der Waals surface area contributed by atoms with E-state index in [1.807, 2.05) is 6.92 Å². The first kappa shape index (κ1) is 8.59. The third-order valence-electron chi connectivity index (χ3n) is 1.71. The van der Waals surface area contributed by atoms with Crippen LogP contribution in [0.15, 0.2) is 12.1 Å². The van der Waals surface area contributed by atoms with Gasteiger partial charge in [-0.3, -0.25) is 4.79 Å². The van der Waals surface area contributed by atoms with Crippen molar-refractivity contribution in [1.82, 2.24) is 0 Å². The number of carbonyl (C=O) groups is 1. The lowest BCUT2D eigenvalue weighted by Gasteiger charge is -2.05. The van der Waals surface area contributed by atoms with E-state index in [0.29, 0.717) is 5.56 Å². The Kier molecular flexibility index (Phi) is 2.04. The summed E-state index contributed by atoms with van der Waals surface area (Å²) in [6.45, 7) is 3.59. The van der Waals surface area contributed by atoms with E-state index in [0.717, 1.165) is 5.56 Å². The van der Waals surface area contributed by atoms with Crippen LogP contribution in [0.25, 0.3) is 0 Å². The number of rotatable bonds is 1. The van der Waals surface area contributed by atoms with Gasteiger partial charge in [0.25, 0.3) is 5.91 Å². The SMILES string of the molecule is Cc1cc(C)c(C(N)=O)c(O)c1. The smallest absolute Gasteiger partial charge is 0.252 e. The summed E-state index contributed by atoms with van der Waals surface area (Å²) >= 11 is 0. The highest BCUT2D eigenvalue weighted by Crippen LogP contribution is 2.21. The van der Waals surface area contributed by atoms with Gasteiger partial charge in [-0.05, 0) is 31.0 Å². The Bertz CT molecular complexity index is 308. The predicted octanol–water partition coefficient (Wildman–Crippen LogP) is 1.11. The number of aromatic hydroxyl groups is 1. The molecule has 0 aliphatic rings. The number of aryl methyl sites for hydroxylation is 2. The van der Waals surface area contributed by atoms with Crippen molar-refractivity contribution in [2.24, 2.45) is 5.73 Å². The molecule has 0 unspecified atom stereocenters. The molecule has 0 aliphatic carbocycles. The van der Waals surface area contributed by atoms with Crippen molar-refractivity contribution in [1.29, 1.82) is 0 Å². The van der Waals surface area contributed by atoms with Crippen LogP contribution in [0.2, 0.25) is 0 Å². The van der Waals surface area contributed by atoms with E-state index in [9.17, 15) is 9.90 Å². The van der Waals surface area contributed by atoms with E-state index in [-0.39, 0.29) is 11.3 Å². The normalized spacial score (nSPS) is 9.83. The molecule has 0 saturated carbocycles. The van der Waals surface area contributed by atoms with Crippen LogP contribution in [0.5, 0.6) is 5.75 Å². The number of primary amides is 1. The van der Waals surface area contributed by atoms with Crippen molar-refractivity contribution in [2.45, 2.75) is 13.8 Å². The van der Waals surface area contributed by atoms with Gasteiger partial charge >= 0.3 is 0 Å². The van der Waals surface area contributed by atoms with Crippen molar-refractivity contribution < 1.29 is 9.90 Å². The predicted molar refractivity (Wildman–Crippen MR) is 46.1 cm³/mol. The first-order valence-corrected chi connectivity index (χ1v) is 3.62. The summed E-state index contributed by atoms with van der Waals surface area (Å²) in [5.41, 5.74) is 6.90. The second kappa shape index (κ2) is 2.85. The first-order valence-electron chi connectivity index (χ1n) is 3.62. The van der Waals surface area contributed by atoms with Gasteiger partial charge < -0.3 is 10.8 Å². The quantitative estimate of drug-likeness (QED) is 0.654. The second-order valence-corrected chi connectivity index (χ2v) is 2.84. The molecule has 3 nitrogen and oxygen atoms in total. The molecule has 1 amide bonds. The molecule has 3 heteroatoms. The number of benzene rings is 1. The third-order valence-corrected chi connectivity index (χ3v) is 1.71. The van der Waals surface area contributed by atoms with Gasteiger partial charge in [-0.25, -0.2) is 0 Å². The fraction of sp³-hybridized carbons (Fsp3) is 0.222. The highest BCUT2D eigenvalue weighted by Gasteiger charge is 2.10. The van der Waals surface area contributed by atoms with E-state index >= 15 is 0 Å². The summed E-state index contributed by atoms with van der Waals surface area (Å²) in [6, 6.07) is 3.33. The molecular weight excluding hydrogens is 154 g/mol. The summed E-state index contributed by atoms with van der Waals surface area (Å²) in [5, 5.41) is 9.34. The molecule has 64 valence electrons. The molecule has 1 rings (SSSR count). The zero-order chi connectivity index (χ0) is 9.30. The minimum Gasteiger partial charge on any atom is -0.507 e. The average molecular weight is 165 g/mol. The van der Waals surface area contributed by atoms with Gasteiger partial charge in [-0.15, -0.1) is 0 Å². The molecule has 0 spiro atoms. The lowest BCUT2D eigenvalue weighted by atomic mass is 10.0.